The van der Waals surface area contributed by atoms with E-state index in [2.05, 4.69) is 0 Å². The molecule has 12 heavy (non-hydrogen) atoms. The summed E-state index contributed by atoms with van der Waals surface area (Å²) in [6, 6.07) is 5.13. The van der Waals surface area contributed by atoms with Gasteiger partial charge < -0.3 is 5.11 Å². The zero-order valence-electron chi connectivity index (χ0n) is 6.52. The monoisotopic (exact) mass is 226 g/mol. The van der Waals surface area contributed by atoms with Crippen LogP contribution in [0.15, 0.2) is 18.2 Å². The Bertz CT molecular complexity index is 217. The van der Waals surface area contributed by atoms with Gasteiger partial charge in [-0.15, -0.1) is 0 Å². The third-order valence-corrected chi connectivity index (χ3v) is 2.14. The van der Waals surface area contributed by atoms with Crippen LogP contribution in [0.3, 0.4) is 0 Å². The Hall–Kier alpha value is 0.0500. The van der Waals surface area contributed by atoms with E-state index in [1.807, 2.05) is 0 Å². The summed E-state index contributed by atoms with van der Waals surface area (Å²) in [6.07, 6.45) is 0. The molecule has 0 fully saturated rings. The third kappa shape index (κ3) is 4.17. The van der Waals surface area contributed by atoms with Gasteiger partial charge in [-0.3, -0.25) is 0 Å². The van der Waals surface area contributed by atoms with Crippen LogP contribution in [0, 0.1) is 0 Å². The van der Waals surface area contributed by atoms with Crippen LogP contribution in [0.1, 0.15) is 6.92 Å². The molecule has 0 aliphatic heterocycles. The molecule has 0 aliphatic carbocycles. The maximum Gasteiger partial charge on any atom is 0.0778 e. The molecule has 0 saturated carbocycles. The first-order chi connectivity index (χ1) is 5.63. The molecule has 0 amide bonds. The Kier molecular flexibility index (Phi) is 6.58. The Morgan fingerprint density at radius 2 is 1.50 bits per heavy atom. The van der Waals surface area contributed by atoms with Gasteiger partial charge in [-0.25, -0.2) is 0 Å². The molecule has 0 heterocycles. The second-order valence-electron chi connectivity index (χ2n) is 1.85. The summed E-state index contributed by atoms with van der Waals surface area (Å²) in [5.74, 6) is 0. The van der Waals surface area contributed by atoms with E-state index in [1.165, 1.54) is 0 Å². The lowest BCUT2D eigenvalue weighted by Gasteiger charge is -1.94. The van der Waals surface area contributed by atoms with Crippen LogP contribution in [-0.2, 0) is 0 Å². The Balaban J connectivity index is 0.000000354. The van der Waals surface area contributed by atoms with Gasteiger partial charge >= 0.3 is 0 Å². The van der Waals surface area contributed by atoms with Crippen molar-refractivity contribution in [2.45, 2.75) is 6.92 Å². The highest BCUT2D eigenvalue weighted by Gasteiger charge is 1.98. The highest BCUT2D eigenvalue weighted by atomic mass is 35.5. The quantitative estimate of drug-likeness (QED) is 0.671. The second-order valence-corrected chi connectivity index (χ2v) is 3.04. The van der Waals surface area contributed by atoms with Gasteiger partial charge in [-0.2, -0.15) is 0 Å². The van der Waals surface area contributed by atoms with E-state index in [9.17, 15) is 0 Å². The molecule has 0 aliphatic rings. The fourth-order valence-electron chi connectivity index (χ4n) is 0.477. The fraction of sp³-hybridized carbons (Fsp3) is 0.250. The minimum absolute atomic E-state index is 0.250. The summed E-state index contributed by atoms with van der Waals surface area (Å²) in [7, 11) is 0. The molecule has 1 aromatic carbocycles. The van der Waals surface area contributed by atoms with Gasteiger partial charge in [0.15, 0.2) is 0 Å². The van der Waals surface area contributed by atoms with Crippen molar-refractivity contribution < 1.29 is 5.11 Å². The van der Waals surface area contributed by atoms with Crippen molar-refractivity contribution in [1.29, 1.82) is 0 Å². The molecule has 0 saturated heterocycles. The normalized spacial score (nSPS) is 8.75. The van der Waals surface area contributed by atoms with E-state index in [-0.39, 0.29) is 6.61 Å². The summed E-state index contributed by atoms with van der Waals surface area (Å²) in [5, 5.41) is 8.97. The lowest BCUT2D eigenvalue weighted by molar-refractivity contribution is 0.318. The van der Waals surface area contributed by atoms with Crippen molar-refractivity contribution >= 4 is 34.8 Å². The molecule has 0 aromatic heterocycles. The number of rotatable bonds is 0. The molecular formula is C8H9Cl3O. The zero-order valence-corrected chi connectivity index (χ0v) is 8.79. The third-order valence-electron chi connectivity index (χ3n) is 0.904. The number of hydrogen-bond acceptors (Lipinski definition) is 1. The molecule has 1 aromatic rings. The molecule has 68 valence electrons. The number of aliphatic hydroxyl groups is 1. The smallest absolute Gasteiger partial charge is 0.0778 e. The summed E-state index contributed by atoms with van der Waals surface area (Å²) in [6.45, 7) is 1.93. The van der Waals surface area contributed by atoms with E-state index in [0.29, 0.717) is 15.1 Å². The zero-order chi connectivity index (χ0) is 9.56. The lowest BCUT2D eigenvalue weighted by Crippen LogP contribution is -1.67. The standard InChI is InChI=1S/C6H3Cl3.C2H6O/c7-4-2-1-3-5(8)6(4)9;1-2-3/h1-3H;3H,2H2,1H3. The Morgan fingerprint density at radius 3 is 1.75 bits per heavy atom. The van der Waals surface area contributed by atoms with Gasteiger partial charge in [0.2, 0.25) is 0 Å². The predicted octanol–water partition coefficient (Wildman–Crippen LogP) is 3.65. The van der Waals surface area contributed by atoms with Crippen molar-refractivity contribution in [3.8, 4) is 0 Å². The lowest BCUT2D eigenvalue weighted by atomic mass is 10.4. The molecule has 0 atom stereocenters. The summed E-state index contributed by atoms with van der Waals surface area (Å²) >= 11 is 16.8. The first kappa shape index (κ1) is 12.0. The van der Waals surface area contributed by atoms with Crippen LogP contribution in [0.4, 0.5) is 0 Å². The topological polar surface area (TPSA) is 20.2 Å². The van der Waals surface area contributed by atoms with Crippen molar-refractivity contribution in [1.82, 2.24) is 0 Å². The average Bonchev–Trinajstić information content (AvgIpc) is 2.02. The molecule has 4 heteroatoms. The first-order valence-corrected chi connectivity index (χ1v) is 4.47. The van der Waals surface area contributed by atoms with Crippen molar-refractivity contribution in [3.05, 3.63) is 33.3 Å². The van der Waals surface area contributed by atoms with Crippen molar-refractivity contribution in [2.75, 3.05) is 6.61 Å². The van der Waals surface area contributed by atoms with Gasteiger partial charge in [0.05, 0.1) is 15.1 Å². The average molecular weight is 228 g/mol. The van der Waals surface area contributed by atoms with Gasteiger partial charge in [0.25, 0.3) is 0 Å². The number of halogens is 3. The van der Waals surface area contributed by atoms with Crippen LogP contribution in [0.25, 0.3) is 0 Å². The molecule has 1 nitrogen and oxygen atoms in total. The van der Waals surface area contributed by atoms with Gasteiger partial charge in [0.1, 0.15) is 0 Å². The molecule has 0 radical (unpaired) electrons. The van der Waals surface area contributed by atoms with E-state index in [0.717, 1.165) is 0 Å². The SMILES string of the molecule is CCO.Clc1cccc(Cl)c1Cl. The van der Waals surface area contributed by atoms with Crippen LogP contribution in [-0.4, -0.2) is 11.7 Å². The first-order valence-electron chi connectivity index (χ1n) is 3.33. The van der Waals surface area contributed by atoms with Crippen molar-refractivity contribution in [3.63, 3.8) is 0 Å². The summed E-state index contributed by atoms with van der Waals surface area (Å²) in [4.78, 5) is 0. The summed E-state index contributed by atoms with van der Waals surface area (Å²) < 4.78 is 0. The van der Waals surface area contributed by atoms with Crippen LogP contribution < -0.4 is 0 Å². The molecule has 0 unspecified atom stereocenters. The molecule has 0 spiro atoms. The van der Waals surface area contributed by atoms with E-state index >= 15 is 0 Å². The van der Waals surface area contributed by atoms with Crippen molar-refractivity contribution in [2.24, 2.45) is 0 Å². The maximum absolute atomic E-state index is 7.57. The maximum atomic E-state index is 7.57. The van der Waals surface area contributed by atoms with Gasteiger partial charge in [-0.05, 0) is 19.1 Å². The van der Waals surface area contributed by atoms with Crippen LogP contribution in [0.2, 0.25) is 15.1 Å². The minimum atomic E-state index is 0.250. The van der Waals surface area contributed by atoms with E-state index < -0.39 is 0 Å². The number of hydrogen-bond donors (Lipinski definition) is 1. The van der Waals surface area contributed by atoms with E-state index in [4.69, 9.17) is 39.9 Å². The van der Waals surface area contributed by atoms with Gasteiger partial charge in [-0.1, -0.05) is 40.9 Å². The Labute approximate surface area is 86.9 Å². The highest BCUT2D eigenvalue weighted by molar-refractivity contribution is 6.47. The second kappa shape index (κ2) is 6.55. The van der Waals surface area contributed by atoms with Gasteiger partial charge in [0, 0.05) is 6.61 Å². The molecule has 1 rings (SSSR count). The predicted molar refractivity (Wildman–Crippen MR) is 54.2 cm³/mol. The largest absolute Gasteiger partial charge is 0.397 e. The van der Waals surface area contributed by atoms with Crippen LogP contribution >= 0.6 is 34.8 Å². The fourth-order valence-corrected chi connectivity index (χ4v) is 1.00. The molecule has 0 bridgehead atoms. The Morgan fingerprint density at radius 1 is 1.17 bits per heavy atom. The summed E-state index contributed by atoms with van der Waals surface area (Å²) in [5.41, 5.74) is 0. The molecule has 1 N–H and O–H groups in total. The van der Waals surface area contributed by atoms with Crippen LogP contribution in [0.5, 0.6) is 0 Å². The molecular weight excluding hydrogens is 218 g/mol. The number of aliphatic hydroxyl groups excluding tert-OH is 1. The number of benzene rings is 1. The highest BCUT2D eigenvalue weighted by Crippen LogP contribution is 2.28. The minimum Gasteiger partial charge on any atom is -0.397 e. The van der Waals surface area contributed by atoms with E-state index in [1.54, 1.807) is 25.1 Å².